The first kappa shape index (κ1) is 13.2. The summed E-state index contributed by atoms with van der Waals surface area (Å²) in [5.74, 6) is 1.14. The molecule has 0 spiro atoms. The zero-order chi connectivity index (χ0) is 14.9. The van der Waals surface area contributed by atoms with E-state index in [4.69, 9.17) is 4.52 Å². The third kappa shape index (κ3) is 2.22. The Labute approximate surface area is 127 Å². The molecule has 1 aliphatic rings. The van der Waals surface area contributed by atoms with Crippen LogP contribution in [0.4, 0.5) is 0 Å². The molecule has 0 saturated heterocycles. The summed E-state index contributed by atoms with van der Waals surface area (Å²) in [5.41, 5.74) is 3.27. The predicted molar refractivity (Wildman–Crippen MR) is 79.2 cm³/mol. The molecule has 3 heterocycles. The van der Waals surface area contributed by atoms with Crippen LogP contribution in [0.2, 0.25) is 0 Å². The summed E-state index contributed by atoms with van der Waals surface area (Å²) in [6.07, 6.45) is 11.1. The van der Waals surface area contributed by atoms with Crippen LogP contribution in [-0.2, 0) is 12.8 Å². The molecule has 7 nitrogen and oxygen atoms in total. The second-order valence-electron chi connectivity index (χ2n) is 5.73. The minimum atomic E-state index is -0.0162. The Morgan fingerprint density at radius 3 is 3.05 bits per heavy atom. The molecule has 0 fully saturated rings. The fourth-order valence-electron chi connectivity index (χ4n) is 2.97. The fourth-order valence-corrected chi connectivity index (χ4v) is 2.97. The zero-order valence-electron chi connectivity index (χ0n) is 12.5. The lowest BCUT2D eigenvalue weighted by molar-refractivity contribution is 0.411. The number of aromatic nitrogens is 6. The molecule has 4 rings (SSSR count). The molecule has 1 atom stereocenters. The second kappa shape index (κ2) is 5.40. The Morgan fingerprint density at radius 1 is 1.27 bits per heavy atom. The van der Waals surface area contributed by atoms with Gasteiger partial charge in [-0.1, -0.05) is 11.6 Å². The summed E-state index contributed by atoms with van der Waals surface area (Å²) < 4.78 is 7.40. The van der Waals surface area contributed by atoms with Crippen molar-refractivity contribution in [3.05, 3.63) is 35.8 Å². The standard InChI is InChI=1S/C15H18N6O/c1-10(21-8-7-16-9-21)14-17-15(22-20-14)13-11-5-3-2-4-6-12(11)18-19-13/h7-10H,2-6H2,1H3,(H,18,19)/t10-/m0/s1. The lowest BCUT2D eigenvalue weighted by Gasteiger charge is -2.06. The minimum absolute atomic E-state index is 0.0162. The predicted octanol–water partition coefficient (Wildman–Crippen LogP) is 2.53. The van der Waals surface area contributed by atoms with Crippen molar-refractivity contribution >= 4 is 0 Å². The Bertz CT molecular complexity index is 757. The number of imidazole rings is 1. The van der Waals surface area contributed by atoms with E-state index in [0.29, 0.717) is 11.7 Å². The van der Waals surface area contributed by atoms with Crippen LogP contribution in [0.5, 0.6) is 0 Å². The maximum atomic E-state index is 5.46. The number of nitrogens with zero attached hydrogens (tertiary/aromatic N) is 5. The Balaban J connectivity index is 1.66. The zero-order valence-corrected chi connectivity index (χ0v) is 12.5. The van der Waals surface area contributed by atoms with Crippen molar-refractivity contribution in [2.24, 2.45) is 0 Å². The van der Waals surface area contributed by atoms with Gasteiger partial charge in [0.25, 0.3) is 5.89 Å². The van der Waals surface area contributed by atoms with E-state index in [1.807, 2.05) is 17.7 Å². The van der Waals surface area contributed by atoms with E-state index >= 15 is 0 Å². The number of hydrogen-bond donors (Lipinski definition) is 1. The van der Waals surface area contributed by atoms with Crippen LogP contribution in [0.3, 0.4) is 0 Å². The van der Waals surface area contributed by atoms with Gasteiger partial charge in [0, 0.05) is 23.7 Å². The Hall–Kier alpha value is -2.44. The van der Waals surface area contributed by atoms with Gasteiger partial charge in [0.05, 0.1) is 12.4 Å². The average Bonchev–Trinajstić information content (AvgIpc) is 3.25. The topological polar surface area (TPSA) is 85.4 Å². The van der Waals surface area contributed by atoms with Gasteiger partial charge in [-0.3, -0.25) is 5.10 Å². The van der Waals surface area contributed by atoms with Crippen LogP contribution < -0.4 is 0 Å². The molecule has 1 N–H and O–H groups in total. The van der Waals surface area contributed by atoms with Crippen LogP contribution in [0.15, 0.2) is 23.2 Å². The van der Waals surface area contributed by atoms with Gasteiger partial charge >= 0.3 is 0 Å². The van der Waals surface area contributed by atoms with Crippen molar-refractivity contribution < 1.29 is 4.52 Å². The highest BCUT2D eigenvalue weighted by Gasteiger charge is 2.23. The second-order valence-corrected chi connectivity index (χ2v) is 5.73. The summed E-state index contributed by atoms with van der Waals surface area (Å²) in [7, 11) is 0. The first-order chi connectivity index (χ1) is 10.8. The van der Waals surface area contributed by atoms with Gasteiger partial charge in [-0.2, -0.15) is 10.1 Å². The van der Waals surface area contributed by atoms with Crippen LogP contribution >= 0.6 is 0 Å². The van der Waals surface area contributed by atoms with E-state index in [0.717, 1.165) is 18.5 Å². The SMILES string of the molecule is C[C@@H](c1noc(-c2n[nH]c3c2CCCCC3)n1)n1ccnc1. The van der Waals surface area contributed by atoms with E-state index in [-0.39, 0.29) is 6.04 Å². The molecule has 0 aromatic carbocycles. The highest BCUT2D eigenvalue weighted by molar-refractivity contribution is 5.54. The molecule has 114 valence electrons. The normalized spacial score (nSPS) is 16.2. The van der Waals surface area contributed by atoms with Crippen LogP contribution in [0.25, 0.3) is 11.6 Å². The van der Waals surface area contributed by atoms with Gasteiger partial charge in [-0.05, 0) is 32.6 Å². The highest BCUT2D eigenvalue weighted by atomic mass is 16.5. The van der Waals surface area contributed by atoms with E-state index in [9.17, 15) is 0 Å². The third-order valence-electron chi connectivity index (χ3n) is 4.30. The van der Waals surface area contributed by atoms with Crippen LogP contribution in [0, 0.1) is 0 Å². The number of aromatic amines is 1. The maximum absolute atomic E-state index is 5.46. The van der Waals surface area contributed by atoms with Crippen molar-refractivity contribution in [2.45, 2.75) is 45.1 Å². The molecule has 22 heavy (non-hydrogen) atoms. The lowest BCUT2D eigenvalue weighted by atomic mass is 10.1. The third-order valence-corrected chi connectivity index (χ3v) is 4.30. The molecule has 3 aromatic heterocycles. The molecule has 0 saturated carbocycles. The molecule has 0 aliphatic heterocycles. The Kier molecular flexibility index (Phi) is 3.25. The monoisotopic (exact) mass is 298 g/mol. The molecule has 0 amide bonds. The molecule has 0 bridgehead atoms. The molecule has 0 radical (unpaired) electrons. The molecule has 1 aliphatic carbocycles. The van der Waals surface area contributed by atoms with Crippen molar-refractivity contribution in [2.75, 3.05) is 0 Å². The summed E-state index contributed by atoms with van der Waals surface area (Å²) >= 11 is 0. The van der Waals surface area contributed by atoms with Gasteiger partial charge in [0.2, 0.25) is 0 Å². The molecule has 3 aromatic rings. The smallest absolute Gasteiger partial charge is 0.278 e. The quantitative estimate of drug-likeness (QED) is 0.751. The summed E-state index contributed by atoms with van der Waals surface area (Å²) in [5, 5.41) is 11.7. The van der Waals surface area contributed by atoms with Gasteiger partial charge in [-0.25, -0.2) is 4.98 Å². The summed E-state index contributed by atoms with van der Waals surface area (Å²) in [6.45, 7) is 2.02. The minimum Gasteiger partial charge on any atom is -0.332 e. The van der Waals surface area contributed by atoms with E-state index < -0.39 is 0 Å². The van der Waals surface area contributed by atoms with Gasteiger partial charge in [0.15, 0.2) is 11.5 Å². The van der Waals surface area contributed by atoms with Crippen LogP contribution in [-0.4, -0.2) is 29.9 Å². The van der Waals surface area contributed by atoms with Crippen LogP contribution in [0.1, 0.15) is 49.3 Å². The number of H-pyrrole nitrogens is 1. The molecule has 0 unspecified atom stereocenters. The fraction of sp³-hybridized carbons (Fsp3) is 0.467. The van der Waals surface area contributed by atoms with Crippen molar-refractivity contribution in [1.82, 2.24) is 29.9 Å². The van der Waals surface area contributed by atoms with E-state index in [1.165, 1.54) is 30.5 Å². The number of nitrogens with one attached hydrogen (secondary N) is 1. The summed E-state index contributed by atoms with van der Waals surface area (Å²) in [4.78, 5) is 8.59. The first-order valence-electron chi connectivity index (χ1n) is 7.70. The number of fused-ring (bicyclic) bond motifs is 1. The van der Waals surface area contributed by atoms with Gasteiger partial charge < -0.3 is 9.09 Å². The highest BCUT2D eigenvalue weighted by Crippen LogP contribution is 2.28. The van der Waals surface area contributed by atoms with Crippen molar-refractivity contribution in [3.63, 3.8) is 0 Å². The van der Waals surface area contributed by atoms with Crippen molar-refractivity contribution in [1.29, 1.82) is 0 Å². The van der Waals surface area contributed by atoms with E-state index in [2.05, 4.69) is 25.3 Å². The van der Waals surface area contributed by atoms with Crippen molar-refractivity contribution in [3.8, 4) is 11.6 Å². The summed E-state index contributed by atoms with van der Waals surface area (Å²) in [6, 6.07) is -0.0162. The molecular weight excluding hydrogens is 280 g/mol. The maximum Gasteiger partial charge on any atom is 0.278 e. The number of rotatable bonds is 3. The number of aryl methyl sites for hydroxylation is 1. The van der Waals surface area contributed by atoms with E-state index in [1.54, 1.807) is 12.5 Å². The Morgan fingerprint density at radius 2 is 2.18 bits per heavy atom. The lowest BCUT2D eigenvalue weighted by Crippen LogP contribution is -2.06. The number of hydrogen-bond acceptors (Lipinski definition) is 5. The molecular formula is C15H18N6O. The average molecular weight is 298 g/mol. The molecule has 7 heteroatoms. The first-order valence-corrected chi connectivity index (χ1v) is 7.70. The van der Waals surface area contributed by atoms with Gasteiger partial charge in [-0.15, -0.1) is 0 Å². The largest absolute Gasteiger partial charge is 0.332 e. The van der Waals surface area contributed by atoms with Gasteiger partial charge in [0.1, 0.15) is 0 Å².